The Kier molecular flexibility index (Phi) is 3.90. The van der Waals surface area contributed by atoms with Gasteiger partial charge in [-0.3, -0.25) is 19.2 Å². The van der Waals surface area contributed by atoms with Crippen molar-refractivity contribution in [3.8, 4) is 0 Å². The largest absolute Gasteiger partial charge is 0.392 e. The number of likely N-dealkylation sites (N-methyl/N-ethyl adjacent to an activating group) is 1. The Labute approximate surface area is 137 Å². The molecule has 0 N–H and O–H groups in total. The molecule has 0 saturated carbocycles. The number of hydrogen-bond donors (Lipinski definition) is 0. The van der Waals surface area contributed by atoms with E-state index in [0.29, 0.717) is 18.3 Å². The quantitative estimate of drug-likeness (QED) is 0.715. The van der Waals surface area contributed by atoms with Crippen LogP contribution >= 0.6 is 0 Å². The highest BCUT2D eigenvalue weighted by Crippen LogP contribution is 2.26. The van der Waals surface area contributed by atoms with Crippen LogP contribution in [0.3, 0.4) is 0 Å². The van der Waals surface area contributed by atoms with Gasteiger partial charge in [0.05, 0.1) is 19.6 Å². The first kappa shape index (κ1) is 16.0. The van der Waals surface area contributed by atoms with Crippen LogP contribution in [0.1, 0.15) is 27.7 Å². The van der Waals surface area contributed by atoms with Crippen LogP contribution in [0.5, 0.6) is 0 Å². The van der Waals surface area contributed by atoms with Gasteiger partial charge < -0.3 is 0 Å². The molecule has 3 aliphatic heterocycles. The number of carbonyl (C=O) groups is 2. The Hall–Kier alpha value is -1.92. The summed E-state index contributed by atoms with van der Waals surface area (Å²) < 4.78 is 2.22. The number of nitrogens with zero attached hydrogens (tertiary/aromatic N) is 5. The van der Waals surface area contributed by atoms with Crippen molar-refractivity contribution in [2.75, 3.05) is 33.2 Å². The van der Waals surface area contributed by atoms with Crippen molar-refractivity contribution in [1.29, 1.82) is 0 Å². The van der Waals surface area contributed by atoms with E-state index in [4.69, 9.17) is 0 Å². The van der Waals surface area contributed by atoms with Crippen LogP contribution < -0.4 is 0 Å². The fourth-order valence-corrected chi connectivity index (χ4v) is 3.46. The summed E-state index contributed by atoms with van der Waals surface area (Å²) in [6.45, 7) is 11.4. The molecule has 126 valence electrons. The van der Waals surface area contributed by atoms with Gasteiger partial charge in [0, 0.05) is 13.6 Å². The van der Waals surface area contributed by atoms with Crippen molar-refractivity contribution >= 4 is 23.7 Å². The summed E-state index contributed by atoms with van der Waals surface area (Å²) in [4.78, 5) is 35.0. The zero-order chi connectivity index (χ0) is 16.9. The molecule has 0 spiro atoms. The average molecular weight is 320 g/mol. The maximum atomic E-state index is 12.9. The SMILES string of the molecule is CC(C)CN1C(=O)C2C(=NC3=[N+](CC(C)C)CCN32)N(C)C1=O. The molecule has 1 atom stereocenters. The number of rotatable bonds is 4. The number of aliphatic imine (C=N–C) groups is 1. The van der Waals surface area contributed by atoms with Gasteiger partial charge in [0.15, 0.2) is 0 Å². The minimum Gasteiger partial charge on any atom is -0.270 e. The highest BCUT2D eigenvalue weighted by Gasteiger charge is 2.57. The highest BCUT2D eigenvalue weighted by atomic mass is 16.2. The van der Waals surface area contributed by atoms with E-state index in [2.05, 4.69) is 28.3 Å². The zero-order valence-corrected chi connectivity index (χ0v) is 14.6. The lowest BCUT2D eigenvalue weighted by atomic mass is 10.1. The van der Waals surface area contributed by atoms with Crippen LogP contribution in [-0.2, 0) is 4.79 Å². The standard InChI is InChI=1S/C16H26N5O2/c1-10(2)8-19-6-7-20-12-13(17-15(19)20)18(5)16(23)21(14(12)22)9-11(3)4/h10-12H,6-9H2,1-5H3/q+1. The van der Waals surface area contributed by atoms with E-state index in [0.717, 1.165) is 25.6 Å². The van der Waals surface area contributed by atoms with Gasteiger partial charge in [0.2, 0.25) is 11.9 Å². The number of imide groups is 1. The Morgan fingerprint density at radius 2 is 1.91 bits per heavy atom. The molecule has 1 fully saturated rings. The Bertz CT molecular complexity index is 608. The molecule has 1 unspecified atom stereocenters. The van der Waals surface area contributed by atoms with E-state index < -0.39 is 6.04 Å². The first-order valence-corrected chi connectivity index (χ1v) is 8.37. The number of urea groups is 1. The molecule has 1 saturated heterocycles. The third-order valence-corrected chi connectivity index (χ3v) is 4.42. The van der Waals surface area contributed by atoms with Crippen molar-refractivity contribution in [2.45, 2.75) is 33.7 Å². The lowest BCUT2D eigenvalue weighted by Gasteiger charge is -2.35. The van der Waals surface area contributed by atoms with Crippen LogP contribution in [0.25, 0.3) is 0 Å². The van der Waals surface area contributed by atoms with Gasteiger partial charge in [-0.25, -0.2) is 9.69 Å². The van der Waals surface area contributed by atoms with E-state index in [1.54, 1.807) is 7.05 Å². The summed E-state index contributed by atoms with van der Waals surface area (Å²) in [5.74, 6) is 2.05. The summed E-state index contributed by atoms with van der Waals surface area (Å²) in [7, 11) is 1.71. The third kappa shape index (κ3) is 2.52. The molecule has 7 heteroatoms. The molecule has 3 rings (SSSR count). The van der Waals surface area contributed by atoms with Gasteiger partial charge in [-0.15, -0.1) is 0 Å². The van der Waals surface area contributed by atoms with Crippen molar-refractivity contribution < 1.29 is 14.2 Å². The normalized spacial score (nSPS) is 24.2. The number of fused-ring (bicyclic) bond motifs is 3. The Morgan fingerprint density at radius 1 is 1.22 bits per heavy atom. The number of amidine groups is 1. The van der Waals surface area contributed by atoms with Crippen LogP contribution in [0, 0.1) is 11.8 Å². The van der Waals surface area contributed by atoms with Crippen molar-refractivity contribution in [1.82, 2.24) is 14.7 Å². The fraction of sp³-hybridized carbons (Fsp3) is 0.750. The van der Waals surface area contributed by atoms with Crippen molar-refractivity contribution in [3.05, 3.63) is 0 Å². The Balaban J connectivity index is 1.95. The molecule has 3 aliphatic rings. The van der Waals surface area contributed by atoms with Crippen LogP contribution in [0.15, 0.2) is 4.99 Å². The van der Waals surface area contributed by atoms with E-state index in [1.807, 2.05) is 13.8 Å². The van der Waals surface area contributed by atoms with E-state index in [1.165, 1.54) is 9.80 Å². The van der Waals surface area contributed by atoms with Gasteiger partial charge in [0.1, 0.15) is 0 Å². The van der Waals surface area contributed by atoms with Gasteiger partial charge >= 0.3 is 12.0 Å². The van der Waals surface area contributed by atoms with Crippen LogP contribution in [-0.4, -0.2) is 82.3 Å². The monoisotopic (exact) mass is 320 g/mol. The topological polar surface area (TPSA) is 59.2 Å². The number of hydrogen-bond acceptors (Lipinski definition) is 4. The first-order valence-electron chi connectivity index (χ1n) is 8.37. The molecule has 0 aliphatic carbocycles. The predicted molar refractivity (Wildman–Crippen MR) is 87.5 cm³/mol. The molecule has 0 aromatic heterocycles. The Morgan fingerprint density at radius 3 is 2.52 bits per heavy atom. The zero-order valence-electron chi connectivity index (χ0n) is 14.6. The maximum absolute atomic E-state index is 12.9. The molecule has 0 aromatic rings. The molecular formula is C16H26N5O2+. The third-order valence-electron chi connectivity index (χ3n) is 4.42. The molecule has 23 heavy (non-hydrogen) atoms. The summed E-state index contributed by atoms with van der Waals surface area (Å²) in [6.07, 6.45) is 0. The molecule has 3 heterocycles. The molecule has 0 aromatic carbocycles. The molecule has 0 bridgehead atoms. The van der Waals surface area contributed by atoms with Gasteiger partial charge in [0.25, 0.3) is 5.91 Å². The minimum absolute atomic E-state index is 0.137. The summed E-state index contributed by atoms with van der Waals surface area (Å²) >= 11 is 0. The smallest absolute Gasteiger partial charge is 0.270 e. The van der Waals surface area contributed by atoms with Crippen LogP contribution in [0.2, 0.25) is 0 Å². The van der Waals surface area contributed by atoms with Gasteiger partial charge in [-0.1, -0.05) is 32.7 Å². The average Bonchev–Trinajstić information content (AvgIpc) is 3.01. The number of carbonyl (C=O) groups excluding carboxylic acids is 2. The lowest BCUT2D eigenvalue weighted by Crippen LogP contribution is -2.64. The minimum atomic E-state index is -0.441. The second kappa shape index (κ2) is 5.62. The molecule has 3 amide bonds. The summed E-state index contributed by atoms with van der Waals surface area (Å²) in [5, 5.41) is 0. The second-order valence-corrected chi connectivity index (χ2v) is 7.39. The first-order chi connectivity index (χ1) is 10.8. The second-order valence-electron chi connectivity index (χ2n) is 7.39. The van der Waals surface area contributed by atoms with E-state index in [-0.39, 0.29) is 17.9 Å². The van der Waals surface area contributed by atoms with Crippen molar-refractivity contribution in [3.63, 3.8) is 0 Å². The molecular weight excluding hydrogens is 294 g/mol. The van der Waals surface area contributed by atoms with Crippen LogP contribution in [0.4, 0.5) is 4.79 Å². The fourth-order valence-electron chi connectivity index (χ4n) is 3.46. The number of guanidine groups is 1. The number of amides is 3. The lowest BCUT2D eigenvalue weighted by molar-refractivity contribution is -0.524. The predicted octanol–water partition coefficient (Wildman–Crippen LogP) is 0.657. The van der Waals surface area contributed by atoms with Gasteiger partial charge in [-0.05, 0) is 11.8 Å². The van der Waals surface area contributed by atoms with Crippen molar-refractivity contribution in [2.24, 2.45) is 16.8 Å². The van der Waals surface area contributed by atoms with E-state index in [9.17, 15) is 9.59 Å². The summed E-state index contributed by atoms with van der Waals surface area (Å²) in [5.41, 5.74) is 0. The van der Waals surface area contributed by atoms with Gasteiger partial charge in [-0.2, -0.15) is 0 Å². The molecule has 7 nitrogen and oxygen atoms in total. The maximum Gasteiger partial charge on any atom is 0.392 e. The highest BCUT2D eigenvalue weighted by molar-refractivity contribution is 6.25. The summed E-state index contributed by atoms with van der Waals surface area (Å²) in [6, 6.07) is -0.709. The van der Waals surface area contributed by atoms with E-state index >= 15 is 0 Å². The molecule has 0 radical (unpaired) electrons.